The summed E-state index contributed by atoms with van der Waals surface area (Å²) >= 11 is 0. The molecule has 158 valence electrons. The number of benzene rings is 2. The van der Waals surface area contributed by atoms with Crippen molar-refractivity contribution in [2.24, 2.45) is 0 Å². The smallest absolute Gasteiger partial charge is 0.303 e. The Balaban J connectivity index is 1.51. The van der Waals surface area contributed by atoms with Crippen molar-refractivity contribution in [1.29, 1.82) is 5.26 Å². The molecule has 1 unspecified atom stereocenters. The van der Waals surface area contributed by atoms with E-state index in [2.05, 4.69) is 21.5 Å². The van der Waals surface area contributed by atoms with Crippen LogP contribution in [0.2, 0.25) is 0 Å². The van der Waals surface area contributed by atoms with Crippen LogP contribution in [0.4, 0.5) is 0 Å². The van der Waals surface area contributed by atoms with E-state index in [0.29, 0.717) is 17.8 Å². The fourth-order valence-electron chi connectivity index (χ4n) is 3.96. The van der Waals surface area contributed by atoms with Gasteiger partial charge in [-0.1, -0.05) is 23.4 Å². The van der Waals surface area contributed by atoms with Crippen LogP contribution in [0.15, 0.2) is 40.9 Å². The van der Waals surface area contributed by atoms with Crippen LogP contribution >= 0.6 is 0 Å². The Morgan fingerprint density at radius 3 is 2.97 bits per heavy atom. The minimum atomic E-state index is -0.758. The van der Waals surface area contributed by atoms with E-state index in [1.807, 2.05) is 18.2 Å². The number of nitriles is 1. The highest BCUT2D eigenvalue weighted by Crippen LogP contribution is 2.37. The van der Waals surface area contributed by atoms with Gasteiger partial charge < -0.3 is 20.1 Å². The van der Waals surface area contributed by atoms with Crippen LogP contribution in [0, 0.1) is 11.3 Å². The summed E-state index contributed by atoms with van der Waals surface area (Å²) in [5.41, 5.74) is 4.03. The van der Waals surface area contributed by atoms with Gasteiger partial charge >= 0.3 is 5.97 Å². The van der Waals surface area contributed by atoms with Crippen LogP contribution in [-0.2, 0) is 11.2 Å². The van der Waals surface area contributed by atoms with Crippen molar-refractivity contribution in [3.63, 3.8) is 0 Å². The summed E-state index contributed by atoms with van der Waals surface area (Å²) in [7, 11) is 0. The standard InChI is InChI=1S/C23H22N4O4/c24-13-15-12-14(7-10-20(15)28)23-26-22(27-31-23)18-5-3-4-17-16(18)8-9-19(17)25-11-2-1-6-21(29)30/h3-5,7,10,12,19,25,28H,1-2,6,8-9,11H2,(H,29,30). The van der Waals surface area contributed by atoms with E-state index in [1.54, 1.807) is 6.07 Å². The molecule has 0 amide bonds. The first-order valence-corrected chi connectivity index (χ1v) is 10.2. The molecule has 0 saturated heterocycles. The molecule has 1 heterocycles. The number of rotatable bonds is 8. The molecule has 1 aromatic heterocycles. The molecule has 1 atom stereocenters. The number of carboxylic acids is 1. The Bertz CT molecular complexity index is 1150. The third-order valence-electron chi connectivity index (χ3n) is 5.51. The predicted molar refractivity (Wildman–Crippen MR) is 112 cm³/mol. The van der Waals surface area contributed by atoms with Crippen LogP contribution in [0.25, 0.3) is 22.8 Å². The van der Waals surface area contributed by atoms with Crippen molar-refractivity contribution in [2.45, 2.75) is 38.1 Å². The topological polar surface area (TPSA) is 132 Å². The molecule has 0 spiro atoms. The lowest BCUT2D eigenvalue weighted by atomic mass is 10.0. The number of unbranched alkanes of at least 4 members (excludes halogenated alkanes) is 1. The van der Waals surface area contributed by atoms with Gasteiger partial charge in [0, 0.05) is 23.6 Å². The number of carbonyl (C=O) groups is 1. The first-order valence-electron chi connectivity index (χ1n) is 10.2. The third kappa shape index (κ3) is 4.42. The zero-order valence-corrected chi connectivity index (χ0v) is 16.8. The van der Waals surface area contributed by atoms with Crippen molar-refractivity contribution in [3.05, 3.63) is 53.1 Å². The van der Waals surface area contributed by atoms with E-state index in [9.17, 15) is 9.90 Å². The molecule has 0 fully saturated rings. The summed E-state index contributed by atoms with van der Waals surface area (Å²) in [6.07, 6.45) is 3.53. The van der Waals surface area contributed by atoms with Gasteiger partial charge in [0.05, 0.1) is 5.56 Å². The number of phenols is 1. The van der Waals surface area contributed by atoms with Gasteiger partial charge in [-0.2, -0.15) is 10.2 Å². The maximum absolute atomic E-state index is 10.6. The molecule has 0 aliphatic heterocycles. The Morgan fingerprint density at radius 2 is 2.16 bits per heavy atom. The van der Waals surface area contributed by atoms with Gasteiger partial charge in [-0.05, 0) is 61.6 Å². The number of fused-ring (bicyclic) bond motifs is 1. The summed E-state index contributed by atoms with van der Waals surface area (Å²) in [6, 6.07) is 12.8. The highest BCUT2D eigenvalue weighted by Gasteiger charge is 2.26. The van der Waals surface area contributed by atoms with E-state index < -0.39 is 5.97 Å². The monoisotopic (exact) mass is 418 g/mol. The minimum absolute atomic E-state index is 0.0895. The summed E-state index contributed by atoms with van der Waals surface area (Å²) < 4.78 is 5.43. The molecule has 3 aromatic rings. The number of nitrogens with one attached hydrogen (secondary N) is 1. The van der Waals surface area contributed by atoms with Crippen molar-refractivity contribution in [3.8, 4) is 34.7 Å². The quantitative estimate of drug-likeness (QED) is 0.470. The molecule has 0 bridgehead atoms. The maximum Gasteiger partial charge on any atom is 0.303 e. The molecule has 1 aliphatic carbocycles. The molecule has 1 aliphatic rings. The highest BCUT2D eigenvalue weighted by molar-refractivity contribution is 5.67. The molecule has 2 aromatic carbocycles. The van der Waals surface area contributed by atoms with Gasteiger partial charge in [-0.3, -0.25) is 4.79 Å². The van der Waals surface area contributed by atoms with Gasteiger partial charge in [0.1, 0.15) is 11.8 Å². The zero-order valence-electron chi connectivity index (χ0n) is 16.8. The fraction of sp³-hybridized carbons (Fsp3) is 0.304. The van der Waals surface area contributed by atoms with Gasteiger partial charge in [-0.15, -0.1) is 0 Å². The van der Waals surface area contributed by atoms with Gasteiger partial charge in [0.15, 0.2) is 0 Å². The number of hydrogen-bond acceptors (Lipinski definition) is 7. The molecule has 3 N–H and O–H groups in total. The summed E-state index contributed by atoms with van der Waals surface area (Å²) in [5, 5.41) is 35.2. The number of nitrogens with zero attached hydrogens (tertiary/aromatic N) is 3. The lowest BCUT2D eigenvalue weighted by molar-refractivity contribution is -0.137. The number of hydrogen-bond donors (Lipinski definition) is 3. The van der Waals surface area contributed by atoms with Crippen molar-refractivity contribution >= 4 is 5.97 Å². The average Bonchev–Trinajstić information content (AvgIpc) is 3.41. The third-order valence-corrected chi connectivity index (χ3v) is 5.51. The summed E-state index contributed by atoms with van der Waals surface area (Å²) in [4.78, 5) is 15.1. The fourth-order valence-corrected chi connectivity index (χ4v) is 3.96. The summed E-state index contributed by atoms with van der Waals surface area (Å²) in [6.45, 7) is 0.774. The Kier molecular flexibility index (Phi) is 5.96. The second-order valence-electron chi connectivity index (χ2n) is 7.54. The van der Waals surface area contributed by atoms with E-state index in [0.717, 1.165) is 31.4 Å². The molecular weight excluding hydrogens is 396 g/mol. The van der Waals surface area contributed by atoms with Gasteiger partial charge in [-0.25, -0.2) is 0 Å². The lowest BCUT2D eigenvalue weighted by Gasteiger charge is -2.14. The Labute approximate surface area is 179 Å². The molecule has 31 heavy (non-hydrogen) atoms. The van der Waals surface area contributed by atoms with Crippen LogP contribution < -0.4 is 5.32 Å². The van der Waals surface area contributed by atoms with Crippen molar-refractivity contribution in [1.82, 2.24) is 15.5 Å². The van der Waals surface area contributed by atoms with Crippen molar-refractivity contribution < 1.29 is 19.5 Å². The highest BCUT2D eigenvalue weighted by atomic mass is 16.5. The normalized spacial score (nSPS) is 14.9. The molecule has 4 rings (SSSR count). The molecule has 8 nitrogen and oxygen atoms in total. The lowest BCUT2D eigenvalue weighted by Crippen LogP contribution is -2.20. The van der Waals surface area contributed by atoms with Crippen LogP contribution in [0.1, 0.15) is 48.4 Å². The van der Waals surface area contributed by atoms with Crippen LogP contribution in [-0.4, -0.2) is 32.9 Å². The Morgan fingerprint density at radius 1 is 1.29 bits per heavy atom. The first-order chi connectivity index (χ1) is 15.1. The number of carboxylic acid groups (broad SMARTS) is 1. The Hall–Kier alpha value is -3.70. The first kappa shape index (κ1) is 20.6. The average molecular weight is 418 g/mol. The minimum Gasteiger partial charge on any atom is -0.507 e. The number of aromatic nitrogens is 2. The van der Waals surface area contributed by atoms with E-state index in [-0.39, 0.29) is 29.7 Å². The molecule has 8 heteroatoms. The second-order valence-corrected chi connectivity index (χ2v) is 7.54. The van der Waals surface area contributed by atoms with E-state index in [4.69, 9.17) is 14.9 Å². The zero-order chi connectivity index (χ0) is 21.8. The van der Waals surface area contributed by atoms with Crippen molar-refractivity contribution in [2.75, 3.05) is 6.54 Å². The van der Waals surface area contributed by atoms with Gasteiger partial charge in [0.25, 0.3) is 5.89 Å². The molecule has 0 radical (unpaired) electrons. The summed E-state index contributed by atoms with van der Waals surface area (Å²) in [5.74, 6) is -0.0735. The van der Waals surface area contributed by atoms with E-state index >= 15 is 0 Å². The number of aliphatic carboxylic acids is 1. The predicted octanol–water partition coefficient (Wildman–Crippen LogP) is 3.81. The van der Waals surface area contributed by atoms with Crippen LogP contribution in [0.3, 0.4) is 0 Å². The molecular formula is C23H22N4O4. The largest absolute Gasteiger partial charge is 0.507 e. The van der Waals surface area contributed by atoms with Crippen LogP contribution in [0.5, 0.6) is 5.75 Å². The number of phenolic OH excluding ortho intramolecular Hbond substituents is 1. The second kappa shape index (κ2) is 8.98. The number of aromatic hydroxyl groups is 1. The maximum atomic E-state index is 10.6. The van der Waals surface area contributed by atoms with Gasteiger partial charge in [0.2, 0.25) is 5.82 Å². The SMILES string of the molecule is N#Cc1cc(-c2nc(-c3cccc4c3CCC4NCCCCC(=O)O)no2)ccc1O. The molecule has 0 saturated carbocycles. The van der Waals surface area contributed by atoms with E-state index in [1.165, 1.54) is 23.3 Å².